The fourth-order valence-corrected chi connectivity index (χ4v) is 5.81. The standard InChI is InChI=1S/C38H41N5O4/c1-3-28(2)36(40-37(44)22-34-23-39-27-42(34)24-30-16-19-33(20-17-30)43(46)47)26-41(38(45)21-18-29-10-5-4-6-11-29)25-32-14-9-13-31-12-7-8-15-35(31)32/h4-17,19-20,23,27-28,36H,3,18,21-22,24-26H2,1-2H3,(H,40,44)/t28-,36+/m0/s1. The molecule has 2 amide bonds. The fourth-order valence-electron chi connectivity index (χ4n) is 5.81. The van der Waals surface area contributed by atoms with Gasteiger partial charge in [-0.3, -0.25) is 19.7 Å². The van der Waals surface area contributed by atoms with Crippen LogP contribution in [0.2, 0.25) is 0 Å². The molecule has 242 valence electrons. The first kappa shape index (κ1) is 33.1. The number of hydrogen-bond acceptors (Lipinski definition) is 5. The Labute approximate surface area is 275 Å². The number of benzene rings is 4. The van der Waals surface area contributed by atoms with E-state index in [0.29, 0.717) is 32.5 Å². The summed E-state index contributed by atoms with van der Waals surface area (Å²) in [6, 6.07) is 30.5. The van der Waals surface area contributed by atoms with E-state index >= 15 is 0 Å². The van der Waals surface area contributed by atoms with Gasteiger partial charge in [0.2, 0.25) is 11.8 Å². The van der Waals surface area contributed by atoms with Crippen LogP contribution in [0.4, 0.5) is 5.69 Å². The summed E-state index contributed by atoms with van der Waals surface area (Å²) in [6.45, 7) is 5.47. The Morgan fingerprint density at radius 1 is 0.936 bits per heavy atom. The molecule has 1 heterocycles. The molecule has 0 saturated carbocycles. The smallest absolute Gasteiger partial charge is 0.269 e. The second-order valence-corrected chi connectivity index (χ2v) is 12.1. The van der Waals surface area contributed by atoms with Crippen molar-refractivity contribution in [2.45, 2.75) is 58.7 Å². The lowest BCUT2D eigenvalue weighted by Crippen LogP contribution is -2.49. The molecule has 5 aromatic rings. The summed E-state index contributed by atoms with van der Waals surface area (Å²) in [5.41, 5.74) is 3.81. The minimum absolute atomic E-state index is 0.0307. The predicted molar refractivity (Wildman–Crippen MR) is 184 cm³/mol. The molecule has 0 bridgehead atoms. The maximum Gasteiger partial charge on any atom is 0.269 e. The number of nitro groups is 1. The van der Waals surface area contributed by atoms with E-state index in [1.807, 2.05) is 58.0 Å². The molecule has 4 aromatic carbocycles. The van der Waals surface area contributed by atoms with Gasteiger partial charge in [-0.15, -0.1) is 0 Å². The molecule has 0 unspecified atom stereocenters. The summed E-state index contributed by atoms with van der Waals surface area (Å²) in [6.07, 6.45) is 5.30. The lowest BCUT2D eigenvalue weighted by Gasteiger charge is -2.32. The molecule has 9 nitrogen and oxygen atoms in total. The van der Waals surface area contributed by atoms with Crippen molar-refractivity contribution < 1.29 is 14.5 Å². The molecule has 0 saturated heterocycles. The molecule has 0 fully saturated rings. The molecule has 9 heteroatoms. The van der Waals surface area contributed by atoms with Crippen molar-refractivity contribution >= 4 is 28.3 Å². The number of aryl methyl sites for hydroxylation is 1. The summed E-state index contributed by atoms with van der Waals surface area (Å²) in [5, 5.41) is 16.5. The number of carbonyl (C=O) groups excluding carboxylic acids is 2. The Balaban J connectivity index is 1.31. The predicted octanol–water partition coefficient (Wildman–Crippen LogP) is 6.73. The number of fused-ring (bicyclic) bond motifs is 1. The normalized spacial score (nSPS) is 12.4. The van der Waals surface area contributed by atoms with Gasteiger partial charge in [0.05, 0.1) is 17.7 Å². The molecule has 5 rings (SSSR count). The Hall–Kier alpha value is -5.31. The molecule has 2 atom stereocenters. The molecule has 0 aliphatic rings. The second kappa shape index (κ2) is 15.8. The van der Waals surface area contributed by atoms with Crippen LogP contribution in [0, 0.1) is 16.0 Å². The van der Waals surface area contributed by atoms with Gasteiger partial charge in [0.1, 0.15) is 0 Å². The molecular weight excluding hydrogens is 590 g/mol. The Morgan fingerprint density at radius 2 is 1.66 bits per heavy atom. The van der Waals surface area contributed by atoms with Crippen molar-refractivity contribution in [2.75, 3.05) is 6.54 Å². The number of hydrogen-bond donors (Lipinski definition) is 1. The highest BCUT2D eigenvalue weighted by Crippen LogP contribution is 2.22. The zero-order chi connectivity index (χ0) is 33.2. The Bertz CT molecular complexity index is 1800. The highest BCUT2D eigenvalue weighted by Gasteiger charge is 2.25. The van der Waals surface area contributed by atoms with Gasteiger partial charge in [-0.05, 0) is 39.8 Å². The third kappa shape index (κ3) is 8.91. The van der Waals surface area contributed by atoms with Gasteiger partial charge in [0.15, 0.2) is 0 Å². The van der Waals surface area contributed by atoms with Gasteiger partial charge in [-0.25, -0.2) is 4.98 Å². The number of nitrogens with one attached hydrogen (secondary N) is 1. The SMILES string of the molecule is CC[C@H](C)[C@@H](CN(Cc1cccc2ccccc12)C(=O)CCc1ccccc1)NC(=O)Cc1cncn1Cc1ccc([N+](=O)[O-])cc1. The number of nitrogens with zero attached hydrogens (tertiary/aromatic N) is 4. The quantitative estimate of drug-likeness (QED) is 0.102. The van der Waals surface area contributed by atoms with Crippen LogP contribution < -0.4 is 5.32 Å². The summed E-state index contributed by atoms with van der Waals surface area (Å²) in [4.78, 5) is 44.2. The molecular formula is C38H41N5O4. The zero-order valence-electron chi connectivity index (χ0n) is 26.9. The van der Waals surface area contributed by atoms with E-state index < -0.39 is 4.92 Å². The van der Waals surface area contributed by atoms with E-state index in [2.05, 4.69) is 48.4 Å². The van der Waals surface area contributed by atoms with Crippen molar-refractivity contribution in [2.24, 2.45) is 5.92 Å². The lowest BCUT2D eigenvalue weighted by atomic mass is 9.97. The first-order valence-electron chi connectivity index (χ1n) is 16.1. The summed E-state index contributed by atoms with van der Waals surface area (Å²) < 4.78 is 1.87. The van der Waals surface area contributed by atoms with Crippen LogP contribution in [0.25, 0.3) is 10.8 Å². The number of carbonyl (C=O) groups is 2. The van der Waals surface area contributed by atoms with Crippen molar-refractivity contribution in [3.05, 3.63) is 142 Å². The molecule has 0 spiro atoms. The van der Waals surface area contributed by atoms with Crippen LogP contribution in [-0.4, -0.2) is 43.8 Å². The number of amides is 2. The maximum atomic E-state index is 13.9. The van der Waals surface area contributed by atoms with Gasteiger partial charge in [-0.1, -0.05) is 105 Å². The number of rotatable bonds is 15. The highest BCUT2D eigenvalue weighted by molar-refractivity contribution is 5.86. The van der Waals surface area contributed by atoms with Gasteiger partial charge >= 0.3 is 0 Å². The second-order valence-electron chi connectivity index (χ2n) is 12.1. The van der Waals surface area contributed by atoms with Gasteiger partial charge in [-0.2, -0.15) is 0 Å². The first-order valence-corrected chi connectivity index (χ1v) is 16.1. The average Bonchev–Trinajstić information content (AvgIpc) is 3.52. The molecule has 0 radical (unpaired) electrons. The van der Waals surface area contributed by atoms with E-state index in [-0.39, 0.29) is 35.9 Å². The van der Waals surface area contributed by atoms with Crippen molar-refractivity contribution in [3.63, 3.8) is 0 Å². The minimum atomic E-state index is -0.426. The number of non-ortho nitro benzene ring substituents is 1. The monoisotopic (exact) mass is 631 g/mol. The van der Waals surface area contributed by atoms with E-state index in [1.165, 1.54) is 12.1 Å². The van der Waals surface area contributed by atoms with E-state index in [1.54, 1.807) is 24.7 Å². The van der Waals surface area contributed by atoms with Crippen LogP contribution >= 0.6 is 0 Å². The molecule has 1 aromatic heterocycles. The van der Waals surface area contributed by atoms with Crippen LogP contribution in [0.1, 0.15) is 49.1 Å². The van der Waals surface area contributed by atoms with Crippen LogP contribution in [-0.2, 0) is 35.5 Å². The molecule has 1 N–H and O–H groups in total. The van der Waals surface area contributed by atoms with Gasteiger partial charge in [0.25, 0.3) is 5.69 Å². The summed E-state index contributed by atoms with van der Waals surface area (Å²) in [5.74, 6) is 0.0222. The van der Waals surface area contributed by atoms with Crippen LogP contribution in [0.15, 0.2) is 110 Å². The van der Waals surface area contributed by atoms with Gasteiger partial charge < -0.3 is 14.8 Å². The third-order valence-corrected chi connectivity index (χ3v) is 8.80. The highest BCUT2D eigenvalue weighted by atomic mass is 16.6. The molecule has 0 aliphatic heterocycles. The number of aromatic nitrogens is 2. The minimum Gasteiger partial charge on any atom is -0.351 e. The Kier molecular flexibility index (Phi) is 11.1. The maximum absolute atomic E-state index is 13.9. The fraction of sp³-hybridized carbons (Fsp3) is 0.289. The molecule has 47 heavy (non-hydrogen) atoms. The van der Waals surface area contributed by atoms with E-state index in [9.17, 15) is 19.7 Å². The van der Waals surface area contributed by atoms with Crippen LogP contribution in [0.3, 0.4) is 0 Å². The van der Waals surface area contributed by atoms with E-state index in [0.717, 1.165) is 39.6 Å². The first-order chi connectivity index (χ1) is 22.8. The number of nitro benzene ring substituents is 1. The van der Waals surface area contributed by atoms with Crippen molar-refractivity contribution in [1.29, 1.82) is 0 Å². The van der Waals surface area contributed by atoms with Crippen molar-refractivity contribution in [1.82, 2.24) is 19.8 Å². The Morgan fingerprint density at radius 3 is 2.40 bits per heavy atom. The van der Waals surface area contributed by atoms with E-state index in [4.69, 9.17) is 0 Å². The lowest BCUT2D eigenvalue weighted by molar-refractivity contribution is -0.384. The average molecular weight is 632 g/mol. The largest absolute Gasteiger partial charge is 0.351 e. The van der Waals surface area contributed by atoms with Crippen molar-refractivity contribution in [3.8, 4) is 0 Å². The van der Waals surface area contributed by atoms with Crippen LogP contribution in [0.5, 0.6) is 0 Å². The summed E-state index contributed by atoms with van der Waals surface area (Å²) in [7, 11) is 0. The molecule has 0 aliphatic carbocycles. The zero-order valence-corrected chi connectivity index (χ0v) is 26.9. The summed E-state index contributed by atoms with van der Waals surface area (Å²) >= 11 is 0. The van der Waals surface area contributed by atoms with Gasteiger partial charge in [0, 0.05) is 56.1 Å². The third-order valence-electron chi connectivity index (χ3n) is 8.80. The topological polar surface area (TPSA) is 110 Å². The number of imidazole rings is 1.